The van der Waals surface area contributed by atoms with Gasteiger partial charge >= 0.3 is 5.97 Å². The van der Waals surface area contributed by atoms with Crippen LogP contribution in [0.5, 0.6) is 0 Å². The topological polar surface area (TPSA) is 26.3 Å². The summed E-state index contributed by atoms with van der Waals surface area (Å²) in [6.07, 6.45) is 1.18. The van der Waals surface area contributed by atoms with Gasteiger partial charge in [-0.3, -0.25) is 4.79 Å². The SMILES string of the molecule is CCOC(=O)CCc1ccc(I)c(Br)c1. The van der Waals surface area contributed by atoms with Gasteiger partial charge in [0, 0.05) is 14.5 Å². The second-order valence-electron chi connectivity index (χ2n) is 3.05. The summed E-state index contributed by atoms with van der Waals surface area (Å²) >= 11 is 5.72. The molecule has 0 spiro atoms. The molecule has 0 aliphatic rings. The van der Waals surface area contributed by atoms with Crippen LogP contribution in [0, 0.1) is 3.57 Å². The normalized spacial score (nSPS) is 10.1. The molecule has 0 N–H and O–H groups in total. The molecule has 0 aliphatic carbocycles. The number of hydrogen-bond donors (Lipinski definition) is 0. The zero-order valence-corrected chi connectivity index (χ0v) is 12.2. The van der Waals surface area contributed by atoms with Gasteiger partial charge in [0.1, 0.15) is 0 Å². The summed E-state index contributed by atoms with van der Waals surface area (Å²) in [7, 11) is 0. The molecule has 1 aromatic rings. The van der Waals surface area contributed by atoms with E-state index in [1.54, 1.807) is 0 Å². The molecule has 0 aromatic heterocycles. The zero-order chi connectivity index (χ0) is 11.3. The summed E-state index contributed by atoms with van der Waals surface area (Å²) in [5.41, 5.74) is 1.15. The lowest BCUT2D eigenvalue weighted by molar-refractivity contribution is -0.143. The first-order valence-electron chi connectivity index (χ1n) is 4.73. The van der Waals surface area contributed by atoms with Crippen LogP contribution in [0.2, 0.25) is 0 Å². The van der Waals surface area contributed by atoms with E-state index in [-0.39, 0.29) is 5.97 Å². The number of ether oxygens (including phenoxy) is 1. The van der Waals surface area contributed by atoms with Crippen LogP contribution in [0.25, 0.3) is 0 Å². The van der Waals surface area contributed by atoms with Crippen LogP contribution < -0.4 is 0 Å². The predicted molar refractivity (Wildman–Crippen MR) is 71.8 cm³/mol. The predicted octanol–water partition coefficient (Wildman–Crippen LogP) is 3.55. The van der Waals surface area contributed by atoms with Gasteiger partial charge in [-0.1, -0.05) is 6.07 Å². The van der Waals surface area contributed by atoms with E-state index >= 15 is 0 Å². The van der Waals surface area contributed by atoms with Crippen molar-refractivity contribution in [2.45, 2.75) is 19.8 Å². The van der Waals surface area contributed by atoms with Crippen molar-refractivity contribution < 1.29 is 9.53 Å². The first kappa shape index (κ1) is 13.0. The lowest BCUT2D eigenvalue weighted by Crippen LogP contribution is -2.05. The third-order valence-corrected chi connectivity index (χ3v) is 4.25. The van der Waals surface area contributed by atoms with Crippen LogP contribution in [0.1, 0.15) is 18.9 Å². The Morgan fingerprint density at radius 1 is 1.53 bits per heavy atom. The molecule has 4 heteroatoms. The van der Waals surface area contributed by atoms with Gasteiger partial charge in [0.25, 0.3) is 0 Å². The second-order valence-corrected chi connectivity index (χ2v) is 5.07. The summed E-state index contributed by atoms with van der Waals surface area (Å²) in [6, 6.07) is 6.11. The molecule has 82 valence electrons. The zero-order valence-electron chi connectivity index (χ0n) is 8.43. The van der Waals surface area contributed by atoms with Crippen LogP contribution in [0.3, 0.4) is 0 Å². The molecule has 0 fully saturated rings. The fraction of sp³-hybridized carbons (Fsp3) is 0.364. The molecule has 0 aliphatic heterocycles. The highest BCUT2D eigenvalue weighted by Crippen LogP contribution is 2.20. The Kier molecular flexibility index (Phi) is 5.60. The van der Waals surface area contributed by atoms with Gasteiger partial charge in [-0.15, -0.1) is 0 Å². The molecular formula is C11H12BrIO2. The summed E-state index contributed by atoms with van der Waals surface area (Å²) in [5, 5.41) is 0. The number of rotatable bonds is 4. The van der Waals surface area contributed by atoms with Crippen LogP contribution in [-0.2, 0) is 16.0 Å². The molecule has 0 saturated heterocycles. The molecule has 1 aromatic carbocycles. The Morgan fingerprint density at radius 3 is 2.87 bits per heavy atom. The lowest BCUT2D eigenvalue weighted by Gasteiger charge is -2.03. The highest BCUT2D eigenvalue weighted by molar-refractivity contribution is 14.1. The van der Waals surface area contributed by atoms with E-state index in [1.807, 2.05) is 25.1 Å². The number of hydrogen-bond acceptors (Lipinski definition) is 2. The van der Waals surface area contributed by atoms with E-state index in [9.17, 15) is 4.79 Å². The highest BCUT2D eigenvalue weighted by Gasteiger charge is 2.04. The van der Waals surface area contributed by atoms with Crippen molar-refractivity contribution in [2.75, 3.05) is 6.61 Å². The summed E-state index contributed by atoms with van der Waals surface area (Å²) < 4.78 is 7.11. The Morgan fingerprint density at radius 2 is 2.27 bits per heavy atom. The minimum absolute atomic E-state index is 0.132. The van der Waals surface area contributed by atoms with Gasteiger partial charge in [-0.25, -0.2) is 0 Å². The van der Waals surface area contributed by atoms with E-state index in [0.717, 1.165) is 16.5 Å². The Bertz CT molecular complexity index is 352. The molecule has 15 heavy (non-hydrogen) atoms. The van der Waals surface area contributed by atoms with Gasteiger partial charge in [0.05, 0.1) is 6.61 Å². The van der Waals surface area contributed by atoms with Gasteiger partial charge in [0.15, 0.2) is 0 Å². The average Bonchev–Trinajstić information content (AvgIpc) is 2.20. The van der Waals surface area contributed by atoms with E-state index in [4.69, 9.17) is 4.74 Å². The van der Waals surface area contributed by atoms with Crippen LogP contribution in [0.15, 0.2) is 22.7 Å². The summed E-state index contributed by atoms with van der Waals surface area (Å²) in [4.78, 5) is 11.1. The maximum absolute atomic E-state index is 11.1. The first-order chi connectivity index (χ1) is 7.13. The number of benzene rings is 1. The second kappa shape index (κ2) is 6.48. The van der Waals surface area contributed by atoms with Crippen molar-refractivity contribution in [3.05, 3.63) is 31.8 Å². The van der Waals surface area contributed by atoms with Crippen molar-refractivity contribution in [3.63, 3.8) is 0 Å². The third kappa shape index (κ3) is 4.51. The largest absolute Gasteiger partial charge is 0.466 e. The van der Waals surface area contributed by atoms with Crippen molar-refractivity contribution in [1.82, 2.24) is 0 Å². The van der Waals surface area contributed by atoms with Gasteiger partial charge < -0.3 is 4.74 Å². The maximum Gasteiger partial charge on any atom is 0.306 e. The molecule has 1 rings (SSSR count). The third-order valence-electron chi connectivity index (χ3n) is 1.91. The molecular weight excluding hydrogens is 371 g/mol. The Hall–Kier alpha value is -0.100. The number of halogens is 2. The Balaban J connectivity index is 2.51. The molecule has 0 bridgehead atoms. The molecule has 0 atom stereocenters. The molecule has 0 radical (unpaired) electrons. The summed E-state index contributed by atoms with van der Waals surface area (Å²) in [6.45, 7) is 2.27. The standard InChI is InChI=1S/C11H12BrIO2/c1-2-15-11(14)6-4-8-3-5-10(13)9(12)7-8/h3,5,7H,2,4,6H2,1H3. The van der Waals surface area contributed by atoms with Gasteiger partial charge in [-0.05, 0) is 69.6 Å². The van der Waals surface area contributed by atoms with Crippen molar-refractivity contribution in [2.24, 2.45) is 0 Å². The fourth-order valence-corrected chi connectivity index (χ4v) is 1.94. The highest BCUT2D eigenvalue weighted by atomic mass is 127. The van der Waals surface area contributed by atoms with Crippen molar-refractivity contribution >= 4 is 44.5 Å². The quantitative estimate of drug-likeness (QED) is 0.588. The molecule has 0 saturated carbocycles. The number of aryl methyl sites for hydroxylation is 1. The van der Waals surface area contributed by atoms with Crippen molar-refractivity contribution in [3.8, 4) is 0 Å². The fourth-order valence-electron chi connectivity index (χ4n) is 1.17. The number of carbonyl (C=O) groups is 1. The number of esters is 1. The van der Waals surface area contributed by atoms with Crippen LogP contribution in [-0.4, -0.2) is 12.6 Å². The molecule has 0 unspecified atom stereocenters. The lowest BCUT2D eigenvalue weighted by atomic mass is 10.1. The van der Waals surface area contributed by atoms with Crippen molar-refractivity contribution in [1.29, 1.82) is 0 Å². The van der Waals surface area contributed by atoms with Gasteiger partial charge in [0.2, 0.25) is 0 Å². The molecule has 0 amide bonds. The molecule has 2 nitrogen and oxygen atoms in total. The molecule has 0 heterocycles. The van der Waals surface area contributed by atoms with E-state index in [1.165, 1.54) is 3.57 Å². The Labute approximate surface area is 112 Å². The average molecular weight is 383 g/mol. The minimum atomic E-state index is -0.132. The minimum Gasteiger partial charge on any atom is -0.466 e. The van der Waals surface area contributed by atoms with E-state index < -0.39 is 0 Å². The summed E-state index contributed by atoms with van der Waals surface area (Å²) in [5.74, 6) is -0.132. The smallest absolute Gasteiger partial charge is 0.306 e. The first-order valence-corrected chi connectivity index (χ1v) is 6.60. The van der Waals surface area contributed by atoms with Crippen LogP contribution >= 0.6 is 38.5 Å². The van der Waals surface area contributed by atoms with Crippen LogP contribution in [0.4, 0.5) is 0 Å². The monoisotopic (exact) mass is 382 g/mol. The van der Waals surface area contributed by atoms with Gasteiger partial charge in [-0.2, -0.15) is 0 Å². The maximum atomic E-state index is 11.1. The van der Waals surface area contributed by atoms with E-state index in [2.05, 4.69) is 38.5 Å². The van der Waals surface area contributed by atoms with E-state index in [0.29, 0.717) is 13.0 Å². The number of carbonyl (C=O) groups excluding carboxylic acids is 1.